The van der Waals surface area contributed by atoms with E-state index < -0.39 is 0 Å². The average molecular weight is 295 g/mol. The van der Waals surface area contributed by atoms with Crippen molar-refractivity contribution in [1.82, 2.24) is 0 Å². The number of nitrogens with two attached hydrogens (primary N) is 2. The molecule has 2 nitrogen and oxygen atoms in total. The summed E-state index contributed by atoms with van der Waals surface area (Å²) in [5.74, 6) is -0.0580. The van der Waals surface area contributed by atoms with E-state index in [4.69, 9.17) is 34.7 Å². The molecule has 0 bridgehead atoms. The van der Waals surface area contributed by atoms with E-state index in [0.717, 1.165) is 11.1 Å². The Balaban J connectivity index is 2.53. The quantitative estimate of drug-likeness (QED) is 0.908. The molecule has 0 amide bonds. The Morgan fingerprint density at radius 2 is 1.63 bits per heavy atom. The molecule has 0 saturated heterocycles. The third-order valence-electron chi connectivity index (χ3n) is 3.18. The van der Waals surface area contributed by atoms with Crippen LogP contribution >= 0.6 is 23.2 Å². The first-order valence-electron chi connectivity index (χ1n) is 6.09. The largest absolute Gasteiger partial charge is 0.329 e. The molecule has 2 rings (SSSR count). The summed E-state index contributed by atoms with van der Waals surface area (Å²) >= 11 is 12.4. The highest BCUT2D eigenvalue weighted by Crippen LogP contribution is 2.35. The fraction of sp³-hybridized carbons (Fsp3) is 0.200. The van der Waals surface area contributed by atoms with E-state index in [0.29, 0.717) is 16.6 Å². The molecule has 19 heavy (non-hydrogen) atoms. The molecule has 4 N–H and O–H groups in total. The molecule has 0 aliphatic carbocycles. The average Bonchev–Trinajstić information content (AvgIpc) is 2.44. The second-order valence-electron chi connectivity index (χ2n) is 4.43. The molecular formula is C15H16Cl2N2. The third-order valence-corrected chi connectivity index (χ3v) is 4.01. The molecular weight excluding hydrogens is 279 g/mol. The van der Waals surface area contributed by atoms with Crippen LogP contribution in [0.1, 0.15) is 17.0 Å². The molecule has 0 spiro atoms. The summed E-state index contributed by atoms with van der Waals surface area (Å²) in [4.78, 5) is 0. The topological polar surface area (TPSA) is 52.0 Å². The third kappa shape index (κ3) is 3.10. The van der Waals surface area contributed by atoms with Crippen LogP contribution < -0.4 is 11.5 Å². The van der Waals surface area contributed by atoms with Crippen molar-refractivity contribution in [3.63, 3.8) is 0 Å². The van der Waals surface area contributed by atoms with Gasteiger partial charge in [0.1, 0.15) is 0 Å². The van der Waals surface area contributed by atoms with Gasteiger partial charge in [-0.1, -0.05) is 65.7 Å². The van der Waals surface area contributed by atoms with Crippen LogP contribution in [0.3, 0.4) is 0 Å². The normalized spacial score (nSPS) is 14.1. The lowest BCUT2D eigenvalue weighted by molar-refractivity contribution is 0.603. The molecule has 2 aromatic rings. The Morgan fingerprint density at radius 1 is 0.947 bits per heavy atom. The van der Waals surface area contributed by atoms with Gasteiger partial charge in [-0.3, -0.25) is 0 Å². The summed E-state index contributed by atoms with van der Waals surface area (Å²) < 4.78 is 0. The van der Waals surface area contributed by atoms with Crippen molar-refractivity contribution in [3.05, 3.63) is 69.7 Å². The molecule has 0 saturated carbocycles. The number of hydrogen-bond acceptors (Lipinski definition) is 2. The van der Waals surface area contributed by atoms with Crippen molar-refractivity contribution in [3.8, 4) is 0 Å². The molecule has 100 valence electrons. The van der Waals surface area contributed by atoms with Crippen LogP contribution in [-0.4, -0.2) is 12.6 Å². The van der Waals surface area contributed by atoms with Crippen LogP contribution in [0, 0.1) is 0 Å². The van der Waals surface area contributed by atoms with Gasteiger partial charge >= 0.3 is 0 Å². The second kappa shape index (κ2) is 6.40. The highest BCUT2D eigenvalue weighted by Gasteiger charge is 2.23. The smallest absolute Gasteiger partial charge is 0.0631 e. The van der Waals surface area contributed by atoms with E-state index in [1.807, 2.05) is 42.5 Å². The SMILES string of the molecule is NCC(N)C(c1ccccc1)c1cccc(Cl)c1Cl. The zero-order chi connectivity index (χ0) is 13.8. The van der Waals surface area contributed by atoms with Gasteiger partial charge in [0.05, 0.1) is 10.0 Å². The minimum absolute atomic E-state index is 0.0580. The Labute approximate surface area is 123 Å². The van der Waals surface area contributed by atoms with E-state index in [9.17, 15) is 0 Å². The predicted octanol–water partition coefficient (Wildman–Crippen LogP) is 3.41. The first-order valence-corrected chi connectivity index (χ1v) is 6.85. The molecule has 2 aromatic carbocycles. The van der Waals surface area contributed by atoms with Crippen molar-refractivity contribution in [1.29, 1.82) is 0 Å². The summed E-state index contributed by atoms with van der Waals surface area (Å²) in [6, 6.07) is 15.4. The fourth-order valence-electron chi connectivity index (χ4n) is 2.21. The summed E-state index contributed by atoms with van der Waals surface area (Å²) in [5, 5.41) is 1.08. The Hall–Kier alpha value is -1.06. The van der Waals surface area contributed by atoms with Gasteiger partial charge in [-0.15, -0.1) is 0 Å². The van der Waals surface area contributed by atoms with Crippen molar-refractivity contribution in [2.45, 2.75) is 12.0 Å². The molecule has 0 aliphatic heterocycles. The lowest BCUT2D eigenvalue weighted by Crippen LogP contribution is -2.36. The maximum absolute atomic E-state index is 6.31. The first-order chi connectivity index (χ1) is 9.15. The minimum atomic E-state index is -0.210. The second-order valence-corrected chi connectivity index (χ2v) is 5.22. The van der Waals surface area contributed by atoms with Crippen LogP contribution in [0.5, 0.6) is 0 Å². The number of rotatable bonds is 4. The minimum Gasteiger partial charge on any atom is -0.329 e. The van der Waals surface area contributed by atoms with Crippen LogP contribution in [0.4, 0.5) is 0 Å². The Kier molecular flexibility index (Phi) is 4.83. The number of halogens is 2. The zero-order valence-electron chi connectivity index (χ0n) is 10.4. The van der Waals surface area contributed by atoms with Gasteiger partial charge in [0.25, 0.3) is 0 Å². The van der Waals surface area contributed by atoms with E-state index in [1.165, 1.54) is 0 Å². The highest BCUT2D eigenvalue weighted by atomic mass is 35.5. The van der Waals surface area contributed by atoms with E-state index >= 15 is 0 Å². The van der Waals surface area contributed by atoms with Crippen LogP contribution in [-0.2, 0) is 0 Å². The van der Waals surface area contributed by atoms with Gasteiger partial charge in [-0.05, 0) is 17.2 Å². The standard InChI is InChI=1S/C15H16Cl2N2/c16-12-8-4-7-11(15(12)17)14(13(19)9-18)10-5-2-1-3-6-10/h1-8,13-14H,9,18-19H2. The lowest BCUT2D eigenvalue weighted by atomic mass is 9.85. The first kappa shape index (κ1) is 14.4. The van der Waals surface area contributed by atoms with Crippen LogP contribution in [0.2, 0.25) is 10.0 Å². The molecule has 0 aliphatic rings. The molecule has 0 aromatic heterocycles. The monoisotopic (exact) mass is 294 g/mol. The highest BCUT2D eigenvalue weighted by molar-refractivity contribution is 6.42. The van der Waals surface area contributed by atoms with Crippen molar-refractivity contribution in [2.75, 3.05) is 6.54 Å². The van der Waals surface area contributed by atoms with E-state index in [1.54, 1.807) is 6.07 Å². The summed E-state index contributed by atoms with van der Waals surface area (Å²) in [7, 11) is 0. The van der Waals surface area contributed by atoms with Crippen molar-refractivity contribution >= 4 is 23.2 Å². The molecule has 0 fully saturated rings. The maximum atomic E-state index is 6.31. The van der Waals surface area contributed by atoms with Crippen LogP contribution in [0.15, 0.2) is 48.5 Å². The van der Waals surface area contributed by atoms with Gasteiger partial charge in [-0.2, -0.15) is 0 Å². The Bertz CT molecular complexity index is 543. The summed E-state index contributed by atoms with van der Waals surface area (Å²) in [6.07, 6.45) is 0. The van der Waals surface area contributed by atoms with Crippen LogP contribution in [0.25, 0.3) is 0 Å². The Morgan fingerprint density at radius 3 is 2.26 bits per heavy atom. The van der Waals surface area contributed by atoms with Gasteiger partial charge < -0.3 is 11.5 Å². The molecule has 0 radical (unpaired) electrons. The van der Waals surface area contributed by atoms with Crippen molar-refractivity contribution in [2.24, 2.45) is 11.5 Å². The fourth-order valence-corrected chi connectivity index (χ4v) is 2.64. The van der Waals surface area contributed by atoms with Gasteiger partial charge in [0.2, 0.25) is 0 Å². The predicted molar refractivity (Wildman–Crippen MR) is 81.8 cm³/mol. The maximum Gasteiger partial charge on any atom is 0.0631 e. The number of hydrogen-bond donors (Lipinski definition) is 2. The van der Waals surface area contributed by atoms with Gasteiger partial charge in [0.15, 0.2) is 0 Å². The van der Waals surface area contributed by atoms with E-state index in [2.05, 4.69) is 0 Å². The molecule has 2 atom stereocenters. The van der Waals surface area contributed by atoms with E-state index in [-0.39, 0.29) is 12.0 Å². The van der Waals surface area contributed by atoms with Gasteiger partial charge in [0, 0.05) is 18.5 Å². The van der Waals surface area contributed by atoms with Gasteiger partial charge in [-0.25, -0.2) is 0 Å². The summed E-state index contributed by atoms with van der Waals surface area (Å²) in [6.45, 7) is 0.377. The molecule has 0 heterocycles. The summed E-state index contributed by atoms with van der Waals surface area (Å²) in [5.41, 5.74) is 13.9. The lowest BCUT2D eigenvalue weighted by Gasteiger charge is -2.25. The molecule has 4 heteroatoms. The van der Waals surface area contributed by atoms with Crippen molar-refractivity contribution < 1.29 is 0 Å². The zero-order valence-corrected chi connectivity index (χ0v) is 11.9. The number of benzene rings is 2. The molecule has 2 unspecified atom stereocenters.